The molecule has 7 heteroatoms. The molecule has 0 aliphatic heterocycles. The van der Waals surface area contributed by atoms with Crippen LogP contribution in [0.5, 0.6) is 0 Å². The van der Waals surface area contributed by atoms with E-state index in [-0.39, 0.29) is 4.90 Å². The summed E-state index contributed by atoms with van der Waals surface area (Å²) in [6.45, 7) is 6.96. The van der Waals surface area contributed by atoms with Gasteiger partial charge in [-0.25, -0.2) is 13.1 Å². The van der Waals surface area contributed by atoms with Gasteiger partial charge in [0.15, 0.2) is 0 Å². The third-order valence-electron chi connectivity index (χ3n) is 3.18. The van der Waals surface area contributed by atoms with Crippen molar-refractivity contribution in [1.29, 1.82) is 0 Å². The smallest absolute Gasteiger partial charge is 0.242 e. The van der Waals surface area contributed by atoms with E-state index in [1.54, 1.807) is 19.2 Å². The minimum atomic E-state index is -3.56. The number of benzene rings is 1. The first-order valence-electron chi connectivity index (χ1n) is 6.73. The first-order valence-corrected chi connectivity index (χ1v) is 8.22. The van der Waals surface area contributed by atoms with Crippen molar-refractivity contribution in [2.24, 2.45) is 0 Å². The Morgan fingerprint density at radius 2 is 1.90 bits per heavy atom. The van der Waals surface area contributed by atoms with Gasteiger partial charge in [0.2, 0.25) is 10.0 Å². The van der Waals surface area contributed by atoms with E-state index in [9.17, 15) is 8.42 Å². The van der Waals surface area contributed by atoms with Gasteiger partial charge in [-0.15, -0.1) is 0 Å². The third kappa shape index (κ3) is 4.36. The molecule has 0 spiro atoms. The highest BCUT2D eigenvalue weighted by Crippen LogP contribution is 2.23. The molecule has 0 aromatic heterocycles. The Bertz CT molecular complexity index is 527. The fourth-order valence-electron chi connectivity index (χ4n) is 1.92. The van der Waals surface area contributed by atoms with E-state index < -0.39 is 10.0 Å². The Kier molecular flexibility index (Phi) is 6.25. The lowest BCUT2D eigenvalue weighted by Gasteiger charge is -2.18. The van der Waals surface area contributed by atoms with E-state index in [0.717, 1.165) is 13.1 Å². The number of hydrogen-bond donors (Lipinski definition) is 3. The zero-order valence-corrected chi connectivity index (χ0v) is 13.1. The zero-order chi connectivity index (χ0) is 15.2. The van der Waals surface area contributed by atoms with Crippen LogP contribution in [0.25, 0.3) is 0 Å². The van der Waals surface area contributed by atoms with Gasteiger partial charge in [0, 0.05) is 25.8 Å². The Hall–Kier alpha value is -1.31. The average Bonchev–Trinajstić information content (AvgIpc) is 2.43. The number of nitrogen functional groups attached to an aromatic ring is 1. The fourth-order valence-corrected chi connectivity index (χ4v) is 3.19. The van der Waals surface area contributed by atoms with Gasteiger partial charge < -0.3 is 16.0 Å². The molecule has 0 aliphatic rings. The van der Waals surface area contributed by atoms with Crippen molar-refractivity contribution in [3.05, 3.63) is 18.2 Å². The monoisotopic (exact) mass is 300 g/mol. The molecule has 20 heavy (non-hydrogen) atoms. The van der Waals surface area contributed by atoms with Crippen LogP contribution in [0.3, 0.4) is 0 Å². The van der Waals surface area contributed by atoms with Crippen molar-refractivity contribution in [1.82, 2.24) is 9.62 Å². The quantitative estimate of drug-likeness (QED) is 0.622. The van der Waals surface area contributed by atoms with Gasteiger partial charge in [-0.2, -0.15) is 0 Å². The van der Waals surface area contributed by atoms with E-state index in [0.29, 0.717) is 24.5 Å². The van der Waals surface area contributed by atoms with Gasteiger partial charge in [-0.05, 0) is 31.3 Å². The summed E-state index contributed by atoms with van der Waals surface area (Å²) in [5.41, 5.74) is 6.63. The van der Waals surface area contributed by atoms with Crippen LogP contribution < -0.4 is 15.8 Å². The van der Waals surface area contributed by atoms with Gasteiger partial charge in [0.25, 0.3) is 0 Å². The summed E-state index contributed by atoms with van der Waals surface area (Å²) in [5, 5.41) is 2.87. The lowest BCUT2D eigenvalue weighted by Crippen LogP contribution is -2.35. The van der Waals surface area contributed by atoms with E-state index in [1.165, 1.54) is 6.07 Å². The Morgan fingerprint density at radius 1 is 1.25 bits per heavy atom. The minimum Gasteiger partial charge on any atom is -0.399 e. The number of rotatable bonds is 8. The van der Waals surface area contributed by atoms with Crippen molar-refractivity contribution >= 4 is 21.4 Å². The van der Waals surface area contributed by atoms with Crippen molar-refractivity contribution in [3.63, 3.8) is 0 Å². The number of nitrogens with two attached hydrogens (primary N) is 1. The first-order chi connectivity index (χ1) is 9.44. The average molecular weight is 300 g/mol. The van der Waals surface area contributed by atoms with E-state index in [2.05, 4.69) is 28.8 Å². The molecule has 1 rings (SSSR count). The van der Waals surface area contributed by atoms with Crippen LogP contribution in [0.4, 0.5) is 11.4 Å². The van der Waals surface area contributed by atoms with Crippen LogP contribution in [0, 0.1) is 0 Å². The van der Waals surface area contributed by atoms with Crippen molar-refractivity contribution in [3.8, 4) is 0 Å². The number of hydrogen-bond acceptors (Lipinski definition) is 5. The Balaban J connectivity index is 2.81. The predicted octanol–water partition coefficient (Wildman–Crippen LogP) is 0.931. The highest BCUT2D eigenvalue weighted by Gasteiger charge is 2.18. The first kappa shape index (κ1) is 16.7. The van der Waals surface area contributed by atoms with Crippen molar-refractivity contribution < 1.29 is 8.42 Å². The molecule has 1 aromatic rings. The number of nitrogens with one attached hydrogen (secondary N) is 2. The zero-order valence-electron chi connectivity index (χ0n) is 12.3. The molecule has 0 radical (unpaired) electrons. The molecule has 6 nitrogen and oxygen atoms in total. The van der Waals surface area contributed by atoms with Gasteiger partial charge in [-0.3, -0.25) is 0 Å². The normalized spacial score (nSPS) is 11.8. The summed E-state index contributed by atoms with van der Waals surface area (Å²) < 4.78 is 27.2. The molecule has 114 valence electrons. The molecule has 0 bridgehead atoms. The van der Waals surface area contributed by atoms with Crippen LogP contribution >= 0.6 is 0 Å². The maximum Gasteiger partial charge on any atom is 0.242 e. The molecule has 4 N–H and O–H groups in total. The number of nitrogens with zero attached hydrogens (tertiary/aromatic N) is 1. The molecule has 0 atom stereocenters. The summed E-state index contributed by atoms with van der Waals surface area (Å²) in [7, 11) is -1.88. The van der Waals surface area contributed by atoms with Crippen LogP contribution in [0.2, 0.25) is 0 Å². The third-order valence-corrected chi connectivity index (χ3v) is 4.68. The molecular weight excluding hydrogens is 276 g/mol. The fraction of sp³-hybridized carbons (Fsp3) is 0.538. The van der Waals surface area contributed by atoms with Gasteiger partial charge in [-0.1, -0.05) is 13.8 Å². The maximum atomic E-state index is 12.3. The molecule has 0 saturated heterocycles. The Labute approximate surface area is 121 Å². The molecule has 0 fully saturated rings. The summed E-state index contributed by atoms with van der Waals surface area (Å²) in [6, 6.07) is 4.79. The SMILES string of the molecule is CCN(CC)CCNS(=O)(=O)c1cc(N)ccc1NC. The minimum absolute atomic E-state index is 0.180. The molecule has 0 amide bonds. The molecule has 0 heterocycles. The standard InChI is InChI=1S/C13H24N4O2S/c1-4-17(5-2)9-8-16-20(18,19)13-10-11(14)6-7-12(13)15-3/h6-7,10,15-16H,4-5,8-9,14H2,1-3H3. The van der Waals surface area contributed by atoms with Crippen molar-refractivity contribution in [2.75, 3.05) is 44.3 Å². The van der Waals surface area contributed by atoms with E-state index in [1.807, 2.05) is 0 Å². The van der Waals surface area contributed by atoms with Gasteiger partial charge in [0.05, 0.1) is 5.69 Å². The van der Waals surface area contributed by atoms with Gasteiger partial charge in [0.1, 0.15) is 4.90 Å². The largest absolute Gasteiger partial charge is 0.399 e. The van der Waals surface area contributed by atoms with Crippen LogP contribution in [0.1, 0.15) is 13.8 Å². The summed E-state index contributed by atoms with van der Waals surface area (Å²) in [6.07, 6.45) is 0. The second kappa shape index (κ2) is 7.47. The molecule has 0 saturated carbocycles. The second-order valence-corrected chi connectivity index (χ2v) is 6.17. The predicted molar refractivity (Wildman–Crippen MR) is 83.4 cm³/mol. The summed E-state index contributed by atoms with van der Waals surface area (Å²) >= 11 is 0. The van der Waals surface area contributed by atoms with Gasteiger partial charge >= 0.3 is 0 Å². The highest BCUT2D eigenvalue weighted by molar-refractivity contribution is 7.89. The molecule has 0 aliphatic carbocycles. The summed E-state index contributed by atoms with van der Waals surface area (Å²) in [5.74, 6) is 0. The van der Waals surface area contributed by atoms with E-state index in [4.69, 9.17) is 5.73 Å². The lowest BCUT2D eigenvalue weighted by atomic mass is 10.3. The summed E-state index contributed by atoms with van der Waals surface area (Å²) in [4.78, 5) is 2.33. The number of likely N-dealkylation sites (N-methyl/N-ethyl adjacent to an activating group) is 1. The molecule has 1 aromatic carbocycles. The number of sulfonamides is 1. The number of anilines is 2. The molecule has 0 unspecified atom stereocenters. The Morgan fingerprint density at radius 3 is 2.45 bits per heavy atom. The van der Waals surface area contributed by atoms with Crippen molar-refractivity contribution in [2.45, 2.75) is 18.7 Å². The van der Waals surface area contributed by atoms with Crippen LogP contribution in [-0.4, -0.2) is 46.5 Å². The second-order valence-electron chi connectivity index (χ2n) is 4.43. The highest BCUT2D eigenvalue weighted by atomic mass is 32.2. The van der Waals surface area contributed by atoms with Crippen LogP contribution in [-0.2, 0) is 10.0 Å². The van der Waals surface area contributed by atoms with E-state index >= 15 is 0 Å². The topological polar surface area (TPSA) is 87.5 Å². The maximum absolute atomic E-state index is 12.3. The lowest BCUT2D eigenvalue weighted by molar-refractivity contribution is 0.309. The van der Waals surface area contributed by atoms with Crippen LogP contribution in [0.15, 0.2) is 23.1 Å². The molecular formula is C13H24N4O2S.